The molecule has 1 unspecified atom stereocenters. The zero-order chi connectivity index (χ0) is 9.80. The zero-order valence-electron chi connectivity index (χ0n) is 8.03. The molecule has 1 aromatic heterocycles. The van der Waals surface area contributed by atoms with Crippen LogP contribution in [0.2, 0.25) is 0 Å². The molecule has 4 nitrogen and oxygen atoms in total. The molecule has 0 bridgehead atoms. The number of carbonyl (C=O) groups is 1. The van der Waals surface area contributed by atoms with Crippen LogP contribution in [0.4, 0.5) is 0 Å². The number of rotatable bonds is 4. The van der Waals surface area contributed by atoms with E-state index in [4.69, 9.17) is 4.42 Å². The van der Waals surface area contributed by atoms with Crippen molar-refractivity contribution in [2.75, 3.05) is 13.1 Å². The summed E-state index contributed by atoms with van der Waals surface area (Å²) in [6.07, 6.45) is 4.84. The van der Waals surface area contributed by atoms with Crippen LogP contribution >= 0.6 is 0 Å². The predicted molar refractivity (Wildman–Crippen MR) is 51.0 cm³/mol. The second-order valence-corrected chi connectivity index (χ2v) is 3.67. The summed E-state index contributed by atoms with van der Waals surface area (Å²) in [7, 11) is 0. The van der Waals surface area contributed by atoms with Gasteiger partial charge in [0.2, 0.25) is 0 Å². The molecule has 0 spiro atoms. The number of hydrogen-bond acceptors (Lipinski definition) is 4. The molecule has 0 amide bonds. The third kappa shape index (κ3) is 2.20. The molecule has 1 aromatic rings. The van der Waals surface area contributed by atoms with Crippen molar-refractivity contribution in [1.82, 2.24) is 10.3 Å². The van der Waals surface area contributed by atoms with E-state index in [1.807, 2.05) is 0 Å². The zero-order valence-corrected chi connectivity index (χ0v) is 8.03. The van der Waals surface area contributed by atoms with Gasteiger partial charge < -0.3 is 14.5 Å². The second-order valence-electron chi connectivity index (χ2n) is 3.67. The quantitative estimate of drug-likeness (QED) is 0.712. The predicted octanol–water partition coefficient (Wildman–Crippen LogP) is 0.568. The molecule has 1 atom stereocenters. The first-order valence-corrected chi connectivity index (χ1v) is 4.96. The van der Waals surface area contributed by atoms with E-state index in [1.165, 1.54) is 6.42 Å². The van der Waals surface area contributed by atoms with Crippen LogP contribution in [0, 0.1) is 5.92 Å². The maximum absolute atomic E-state index is 10.2. The van der Waals surface area contributed by atoms with Gasteiger partial charge in [-0.3, -0.25) is 0 Å². The maximum Gasteiger partial charge on any atom is 0.194 e. The fourth-order valence-corrected chi connectivity index (χ4v) is 1.76. The Labute approximate surface area is 82.7 Å². The fraction of sp³-hybridized carbons (Fsp3) is 0.600. The molecule has 1 fully saturated rings. The molecule has 0 aromatic carbocycles. The Balaban J connectivity index is 1.91. The van der Waals surface area contributed by atoms with Crippen LogP contribution in [0.25, 0.3) is 0 Å². The number of aromatic nitrogens is 1. The standard InChI is InChI=1S/C10H14N2O2/c13-4-2-9-7-14-10(12-9)5-8-1-3-11-6-8/h4,7-8,11H,1-3,5-6H2. The van der Waals surface area contributed by atoms with Gasteiger partial charge in [-0.2, -0.15) is 0 Å². The van der Waals surface area contributed by atoms with Crippen LogP contribution in [-0.2, 0) is 17.6 Å². The first-order valence-electron chi connectivity index (χ1n) is 4.96. The molecule has 0 aliphatic carbocycles. The maximum atomic E-state index is 10.2. The number of nitrogens with one attached hydrogen (secondary N) is 1. The third-order valence-electron chi connectivity index (χ3n) is 2.52. The summed E-state index contributed by atoms with van der Waals surface area (Å²) in [5, 5.41) is 3.30. The van der Waals surface area contributed by atoms with E-state index in [0.717, 1.165) is 37.4 Å². The van der Waals surface area contributed by atoms with Crippen LogP contribution in [0.5, 0.6) is 0 Å². The summed E-state index contributed by atoms with van der Waals surface area (Å²) in [5.41, 5.74) is 0.737. The molecule has 14 heavy (non-hydrogen) atoms. The van der Waals surface area contributed by atoms with Crippen molar-refractivity contribution in [1.29, 1.82) is 0 Å². The van der Waals surface area contributed by atoms with Crippen LogP contribution in [0.3, 0.4) is 0 Å². The Kier molecular flexibility index (Phi) is 2.93. The van der Waals surface area contributed by atoms with Gasteiger partial charge in [-0.1, -0.05) is 0 Å². The molecule has 1 aliphatic heterocycles. The highest BCUT2D eigenvalue weighted by Crippen LogP contribution is 2.14. The highest BCUT2D eigenvalue weighted by atomic mass is 16.3. The fourth-order valence-electron chi connectivity index (χ4n) is 1.76. The smallest absolute Gasteiger partial charge is 0.194 e. The van der Waals surface area contributed by atoms with Gasteiger partial charge in [0.1, 0.15) is 12.5 Å². The van der Waals surface area contributed by atoms with Crippen LogP contribution in [0.1, 0.15) is 18.0 Å². The minimum atomic E-state index is 0.354. The summed E-state index contributed by atoms with van der Waals surface area (Å²) in [6.45, 7) is 2.14. The minimum Gasteiger partial charge on any atom is -0.449 e. The number of carbonyl (C=O) groups excluding carboxylic acids is 1. The van der Waals surface area contributed by atoms with E-state index in [2.05, 4.69) is 10.3 Å². The highest BCUT2D eigenvalue weighted by molar-refractivity contribution is 5.53. The monoisotopic (exact) mass is 194 g/mol. The van der Waals surface area contributed by atoms with Crippen molar-refractivity contribution in [2.24, 2.45) is 5.92 Å². The molecule has 1 N–H and O–H groups in total. The normalized spacial score (nSPS) is 21.3. The van der Waals surface area contributed by atoms with Crippen molar-refractivity contribution >= 4 is 6.29 Å². The average Bonchev–Trinajstić information content (AvgIpc) is 2.79. The lowest BCUT2D eigenvalue weighted by Gasteiger charge is -2.02. The molecule has 2 heterocycles. The average molecular weight is 194 g/mol. The van der Waals surface area contributed by atoms with Gasteiger partial charge in [0.25, 0.3) is 0 Å². The van der Waals surface area contributed by atoms with E-state index in [-0.39, 0.29) is 0 Å². The summed E-state index contributed by atoms with van der Waals surface area (Å²) in [6, 6.07) is 0. The minimum absolute atomic E-state index is 0.354. The molecule has 0 saturated carbocycles. The van der Waals surface area contributed by atoms with Gasteiger partial charge in [0.05, 0.1) is 5.69 Å². The van der Waals surface area contributed by atoms with Gasteiger partial charge in [-0.15, -0.1) is 0 Å². The summed E-state index contributed by atoms with van der Waals surface area (Å²) in [5.74, 6) is 1.40. The van der Waals surface area contributed by atoms with Gasteiger partial charge in [-0.05, 0) is 25.4 Å². The van der Waals surface area contributed by atoms with E-state index >= 15 is 0 Å². The Bertz CT molecular complexity index is 303. The van der Waals surface area contributed by atoms with Crippen LogP contribution < -0.4 is 5.32 Å². The summed E-state index contributed by atoms with van der Waals surface area (Å²) in [4.78, 5) is 14.5. The highest BCUT2D eigenvalue weighted by Gasteiger charge is 2.17. The van der Waals surface area contributed by atoms with Gasteiger partial charge in [0, 0.05) is 12.8 Å². The van der Waals surface area contributed by atoms with Gasteiger partial charge in [-0.25, -0.2) is 4.98 Å². The van der Waals surface area contributed by atoms with E-state index in [0.29, 0.717) is 12.3 Å². The molecule has 4 heteroatoms. The Morgan fingerprint density at radius 1 is 1.71 bits per heavy atom. The first-order chi connectivity index (χ1) is 6.88. The van der Waals surface area contributed by atoms with Crippen LogP contribution in [0.15, 0.2) is 10.7 Å². The van der Waals surface area contributed by atoms with Gasteiger partial charge in [0.15, 0.2) is 5.89 Å². The second kappa shape index (κ2) is 4.37. The molecular formula is C10H14N2O2. The first kappa shape index (κ1) is 9.40. The lowest BCUT2D eigenvalue weighted by Crippen LogP contribution is -2.10. The molecule has 76 valence electrons. The topological polar surface area (TPSA) is 55.1 Å². The van der Waals surface area contributed by atoms with Crippen molar-refractivity contribution < 1.29 is 9.21 Å². The lowest BCUT2D eigenvalue weighted by molar-refractivity contribution is -0.107. The molecule has 0 radical (unpaired) electrons. The number of aldehydes is 1. The van der Waals surface area contributed by atoms with Crippen molar-refractivity contribution in [3.8, 4) is 0 Å². The van der Waals surface area contributed by atoms with Gasteiger partial charge >= 0.3 is 0 Å². The molecule has 1 saturated heterocycles. The number of oxazole rings is 1. The Hall–Kier alpha value is -1.16. The third-order valence-corrected chi connectivity index (χ3v) is 2.52. The van der Waals surface area contributed by atoms with Crippen molar-refractivity contribution in [3.05, 3.63) is 17.8 Å². The Morgan fingerprint density at radius 3 is 3.36 bits per heavy atom. The van der Waals surface area contributed by atoms with Crippen molar-refractivity contribution in [2.45, 2.75) is 19.3 Å². The molecule has 1 aliphatic rings. The summed E-state index contributed by atoms with van der Waals surface area (Å²) < 4.78 is 5.28. The van der Waals surface area contributed by atoms with E-state index in [9.17, 15) is 4.79 Å². The number of nitrogens with zero attached hydrogens (tertiary/aromatic N) is 1. The Morgan fingerprint density at radius 2 is 2.64 bits per heavy atom. The SMILES string of the molecule is O=CCc1coc(CC2CCNC2)n1. The summed E-state index contributed by atoms with van der Waals surface area (Å²) >= 11 is 0. The van der Waals surface area contributed by atoms with E-state index in [1.54, 1.807) is 6.26 Å². The van der Waals surface area contributed by atoms with E-state index < -0.39 is 0 Å². The van der Waals surface area contributed by atoms with Crippen molar-refractivity contribution in [3.63, 3.8) is 0 Å². The largest absolute Gasteiger partial charge is 0.449 e. The lowest BCUT2D eigenvalue weighted by atomic mass is 10.1. The number of hydrogen-bond donors (Lipinski definition) is 1. The molecular weight excluding hydrogens is 180 g/mol. The van der Waals surface area contributed by atoms with Crippen LogP contribution in [-0.4, -0.2) is 24.4 Å². The molecule has 2 rings (SSSR count).